The lowest BCUT2D eigenvalue weighted by atomic mass is 9.90. The Labute approximate surface area is 163 Å². The molecule has 0 aliphatic heterocycles. The predicted octanol–water partition coefficient (Wildman–Crippen LogP) is 4.07. The van der Waals surface area contributed by atoms with E-state index in [0.717, 1.165) is 50.2 Å². The standard InChI is InChI=1S/C23H32N4/c1-17(2)22(25)15-27(20-12-10-19(24)11-13-20)16-23-21(9-6-14-26-23)18-7-4-3-5-8-18/h3-9,14,19-20H,10-13,15-16,24-25H2,1-2H3. The fourth-order valence-electron chi connectivity index (χ4n) is 3.79. The zero-order valence-corrected chi connectivity index (χ0v) is 16.6. The smallest absolute Gasteiger partial charge is 0.0622 e. The number of hydrogen-bond acceptors (Lipinski definition) is 4. The fourth-order valence-corrected chi connectivity index (χ4v) is 3.79. The van der Waals surface area contributed by atoms with E-state index in [0.29, 0.717) is 12.1 Å². The van der Waals surface area contributed by atoms with Crippen LogP contribution < -0.4 is 11.5 Å². The van der Waals surface area contributed by atoms with E-state index in [1.165, 1.54) is 16.7 Å². The maximum absolute atomic E-state index is 6.35. The molecule has 1 saturated carbocycles. The molecular weight excluding hydrogens is 332 g/mol. The first kappa shape index (κ1) is 19.6. The predicted molar refractivity (Wildman–Crippen MR) is 113 cm³/mol. The molecule has 4 heteroatoms. The number of aromatic nitrogens is 1. The SMILES string of the molecule is CC(C)=C(N)CN(Cc1ncccc1-c1ccccc1)C1CCC(N)CC1. The fraction of sp³-hybridized carbons (Fsp3) is 0.435. The molecule has 0 unspecified atom stereocenters. The minimum Gasteiger partial charge on any atom is -0.401 e. The number of benzene rings is 1. The van der Waals surface area contributed by atoms with E-state index in [9.17, 15) is 0 Å². The summed E-state index contributed by atoms with van der Waals surface area (Å²) in [5.74, 6) is 0. The Morgan fingerprint density at radius 1 is 1.04 bits per heavy atom. The maximum atomic E-state index is 6.35. The van der Waals surface area contributed by atoms with Gasteiger partial charge in [-0.15, -0.1) is 0 Å². The molecule has 1 aliphatic carbocycles. The largest absolute Gasteiger partial charge is 0.401 e. The minimum atomic E-state index is 0.346. The molecule has 2 aromatic rings. The van der Waals surface area contributed by atoms with Crippen LogP contribution in [0.4, 0.5) is 0 Å². The van der Waals surface area contributed by atoms with Crippen LogP contribution >= 0.6 is 0 Å². The summed E-state index contributed by atoms with van der Waals surface area (Å²) in [5.41, 5.74) is 18.2. The highest BCUT2D eigenvalue weighted by Crippen LogP contribution is 2.27. The molecule has 1 aromatic carbocycles. The summed E-state index contributed by atoms with van der Waals surface area (Å²) in [6.07, 6.45) is 6.32. The molecule has 1 fully saturated rings. The van der Waals surface area contributed by atoms with Gasteiger partial charge >= 0.3 is 0 Å². The Morgan fingerprint density at radius 2 is 1.74 bits per heavy atom. The molecule has 0 spiro atoms. The van der Waals surface area contributed by atoms with Crippen LogP contribution in [0, 0.1) is 0 Å². The number of rotatable bonds is 6. The summed E-state index contributed by atoms with van der Waals surface area (Å²) in [5, 5.41) is 0. The van der Waals surface area contributed by atoms with Gasteiger partial charge in [-0.25, -0.2) is 0 Å². The van der Waals surface area contributed by atoms with Gasteiger partial charge < -0.3 is 11.5 Å². The highest BCUT2D eigenvalue weighted by molar-refractivity contribution is 5.65. The summed E-state index contributed by atoms with van der Waals surface area (Å²) in [6, 6.07) is 15.5. The first-order valence-corrected chi connectivity index (χ1v) is 9.95. The molecule has 0 bridgehead atoms. The summed E-state index contributed by atoms with van der Waals surface area (Å²) in [4.78, 5) is 7.24. The van der Waals surface area contributed by atoms with Crippen molar-refractivity contribution in [3.8, 4) is 11.1 Å². The van der Waals surface area contributed by atoms with Crippen molar-refractivity contribution in [1.82, 2.24) is 9.88 Å². The second-order valence-corrected chi connectivity index (χ2v) is 7.86. The number of hydrogen-bond donors (Lipinski definition) is 2. The molecule has 4 N–H and O–H groups in total. The molecule has 3 rings (SSSR count). The van der Waals surface area contributed by atoms with Gasteiger partial charge in [-0.1, -0.05) is 42.0 Å². The first-order chi connectivity index (χ1) is 13.0. The Kier molecular flexibility index (Phi) is 6.64. The monoisotopic (exact) mass is 364 g/mol. The van der Waals surface area contributed by atoms with Crippen LogP contribution in [0.15, 0.2) is 59.9 Å². The van der Waals surface area contributed by atoms with E-state index in [2.05, 4.69) is 49.1 Å². The van der Waals surface area contributed by atoms with Crippen LogP contribution in [-0.2, 0) is 6.54 Å². The van der Waals surface area contributed by atoms with Crippen molar-refractivity contribution in [3.05, 3.63) is 65.6 Å². The molecule has 4 nitrogen and oxygen atoms in total. The van der Waals surface area contributed by atoms with E-state index in [-0.39, 0.29) is 0 Å². The average molecular weight is 365 g/mol. The Morgan fingerprint density at radius 3 is 2.41 bits per heavy atom. The van der Waals surface area contributed by atoms with E-state index in [1.54, 1.807) is 0 Å². The topological polar surface area (TPSA) is 68.2 Å². The molecule has 0 saturated heterocycles. The number of nitrogens with two attached hydrogens (primary N) is 2. The van der Waals surface area contributed by atoms with Gasteiger partial charge in [-0.3, -0.25) is 9.88 Å². The lowest BCUT2D eigenvalue weighted by Crippen LogP contribution is -2.42. The summed E-state index contributed by atoms with van der Waals surface area (Å²) >= 11 is 0. The summed E-state index contributed by atoms with van der Waals surface area (Å²) in [7, 11) is 0. The van der Waals surface area contributed by atoms with Crippen LogP contribution in [0.3, 0.4) is 0 Å². The third-order valence-corrected chi connectivity index (χ3v) is 5.60. The zero-order valence-electron chi connectivity index (χ0n) is 16.6. The summed E-state index contributed by atoms with van der Waals surface area (Å²) < 4.78 is 0. The van der Waals surface area contributed by atoms with Crippen molar-refractivity contribution in [2.24, 2.45) is 11.5 Å². The Hall–Kier alpha value is -2.17. The zero-order chi connectivity index (χ0) is 19.2. The van der Waals surface area contributed by atoms with Crippen molar-refractivity contribution >= 4 is 0 Å². The molecule has 27 heavy (non-hydrogen) atoms. The molecular formula is C23H32N4. The second-order valence-electron chi connectivity index (χ2n) is 7.86. The van der Waals surface area contributed by atoms with Gasteiger partial charge in [-0.2, -0.15) is 0 Å². The minimum absolute atomic E-state index is 0.346. The van der Waals surface area contributed by atoms with Gasteiger partial charge in [0.15, 0.2) is 0 Å². The van der Waals surface area contributed by atoms with Gasteiger partial charge in [0.05, 0.1) is 5.69 Å². The third-order valence-electron chi connectivity index (χ3n) is 5.60. The quantitative estimate of drug-likeness (QED) is 0.811. The van der Waals surface area contributed by atoms with Crippen molar-refractivity contribution in [3.63, 3.8) is 0 Å². The van der Waals surface area contributed by atoms with E-state index >= 15 is 0 Å². The molecule has 1 aromatic heterocycles. The molecule has 0 amide bonds. The average Bonchev–Trinajstić information content (AvgIpc) is 2.69. The number of nitrogens with zero attached hydrogens (tertiary/aromatic N) is 2. The van der Waals surface area contributed by atoms with Gasteiger partial charge in [0.2, 0.25) is 0 Å². The number of pyridine rings is 1. The van der Waals surface area contributed by atoms with Crippen molar-refractivity contribution in [1.29, 1.82) is 0 Å². The van der Waals surface area contributed by atoms with Gasteiger partial charge in [0.25, 0.3) is 0 Å². The molecule has 144 valence electrons. The highest BCUT2D eigenvalue weighted by atomic mass is 15.2. The Balaban J connectivity index is 1.87. The molecule has 1 heterocycles. The number of allylic oxidation sites excluding steroid dienone is 1. The van der Waals surface area contributed by atoms with Gasteiger partial charge in [-0.05, 0) is 51.2 Å². The highest BCUT2D eigenvalue weighted by Gasteiger charge is 2.25. The second kappa shape index (κ2) is 9.16. The summed E-state index contributed by atoms with van der Waals surface area (Å²) in [6.45, 7) is 5.76. The van der Waals surface area contributed by atoms with Crippen LogP contribution in [0.1, 0.15) is 45.2 Å². The van der Waals surface area contributed by atoms with Crippen LogP contribution in [-0.4, -0.2) is 28.5 Å². The lowest BCUT2D eigenvalue weighted by Gasteiger charge is -2.36. The molecule has 0 radical (unpaired) electrons. The van der Waals surface area contributed by atoms with Gasteiger partial charge in [0.1, 0.15) is 0 Å². The normalized spacial score (nSPS) is 19.9. The Bertz CT molecular complexity index is 757. The van der Waals surface area contributed by atoms with Crippen molar-refractivity contribution in [2.45, 2.75) is 58.2 Å². The third kappa shape index (κ3) is 5.18. The van der Waals surface area contributed by atoms with Crippen molar-refractivity contribution in [2.75, 3.05) is 6.54 Å². The maximum Gasteiger partial charge on any atom is 0.0622 e. The van der Waals surface area contributed by atoms with Crippen LogP contribution in [0.5, 0.6) is 0 Å². The first-order valence-electron chi connectivity index (χ1n) is 9.95. The molecule has 1 aliphatic rings. The van der Waals surface area contributed by atoms with Crippen LogP contribution in [0.2, 0.25) is 0 Å². The van der Waals surface area contributed by atoms with E-state index in [4.69, 9.17) is 16.5 Å². The van der Waals surface area contributed by atoms with Crippen LogP contribution in [0.25, 0.3) is 11.1 Å². The molecule has 0 atom stereocenters. The van der Waals surface area contributed by atoms with Gasteiger partial charge in [0, 0.05) is 42.6 Å². The van der Waals surface area contributed by atoms with E-state index < -0.39 is 0 Å². The van der Waals surface area contributed by atoms with E-state index in [1.807, 2.05) is 18.3 Å². The van der Waals surface area contributed by atoms with Crippen molar-refractivity contribution < 1.29 is 0 Å². The lowest BCUT2D eigenvalue weighted by molar-refractivity contribution is 0.152.